The Morgan fingerprint density at radius 2 is 2.07 bits per heavy atom. The highest BCUT2D eigenvalue weighted by Crippen LogP contribution is 2.57. The second kappa shape index (κ2) is 12.5. The van der Waals surface area contributed by atoms with Gasteiger partial charge in [0.05, 0.1) is 6.10 Å². The number of carboxylic acids is 1. The van der Waals surface area contributed by atoms with Crippen molar-refractivity contribution in [3.63, 3.8) is 0 Å². The van der Waals surface area contributed by atoms with E-state index in [-0.39, 0.29) is 35.8 Å². The Kier molecular flexibility index (Phi) is 9.44. The van der Waals surface area contributed by atoms with Crippen molar-refractivity contribution in [1.29, 1.82) is 0 Å². The Morgan fingerprint density at radius 1 is 1.34 bits per heavy atom. The Hall–Kier alpha value is -2.97. The molecule has 1 amide bonds. The first-order chi connectivity index (χ1) is 19.4. The van der Waals surface area contributed by atoms with Crippen molar-refractivity contribution in [2.45, 2.75) is 90.5 Å². The van der Waals surface area contributed by atoms with Gasteiger partial charge in [-0.25, -0.2) is 4.79 Å². The number of β-lactam (4-membered cyclic amide) rings is 1. The maximum absolute atomic E-state index is 12.8. The van der Waals surface area contributed by atoms with Gasteiger partial charge in [0.2, 0.25) is 5.91 Å². The molecule has 0 saturated carbocycles. The van der Waals surface area contributed by atoms with Crippen LogP contribution in [0.1, 0.15) is 83.8 Å². The summed E-state index contributed by atoms with van der Waals surface area (Å²) >= 11 is 1.27. The van der Waals surface area contributed by atoms with Crippen molar-refractivity contribution in [1.82, 2.24) is 4.90 Å². The summed E-state index contributed by atoms with van der Waals surface area (Å²) in [4.78, 5) is 26.6. The van der Waals surface area contributed by atoms with Crippen molar-refractivity contribution in [3.8, 4) is 11.5 Å². The summed E-state index contributed by atoms with van der Waals surface area (Å²) in [6.45, 7) is 13.9. The number of allylic oxidation sites excluding steroid dienone is 4. The molecule has 1 aromatic carbocycles. The first kappa shape index (κ1) is 31.0. The molecule has 41 heavy (non-hydrogen) atoms. The summed E-state index contributed by atoms with van der Waals surface area (Å²) in [5.41, 5.74) is 3.03. The smallest absolute Gasteiger partial charge is 0.353 e. The van der Waals surface area contributed by atoms with Gasteiger partial charge in [0.15, 0.2) is 0 Å². The third-order valence-electron chi connectivity index (χ3n) is 8.78. The lowest BCUT2D eigenvalue weighted by Crippen LogP contribution is -2.68. The minimum absolute atomic E-state index is 0.0517. The molecule has 0 spiro atoms. The maximum Gasteiger partial charge on any atom is 0.353 e. The van der Waals surface area contributed by atoms with Crippen LogP contribution in [0.2, 0.25) is 0 Å². The van der Waals surface area contributed by atoms with Gasteiger partial charge in [-0.05, 0) is 89.1 Å². The SMILES string of the molecule is C=C(C)[C@@H]1CCC(C)=C[C@H]1c1c(O)cc(CCCCC)cc1OC/C=C/C1=C(C(=O)O)N2C(=O)[C@](C)([C@@H](C)O)[C@H]2S1. The van der Waals surface area contributed by atoms with Gasteiger partial charge >= 0.3 is 5.97 Å². The normalized spacial score (nSPS) is 26.6. The highest BCUT2D eigenvalue weighted by molar-refractivity contribution is 8.04. The van der Waals surface area contributed by atoms with Gasteiger partial charge in [0, 0.05) is 16.4 Å². The molecule has 4 rings (SSSR count). The number of phenolic OH excluding ortho intramolecular Hbond substituents is 1. The van der Waals surface area contributed by atoms with E-state index in [0.717, 1.165) is 55.2 Å². The Morgan fingerprint density at radius 3 is 2.71 bits per heavy atom. The molecule has 2 heterocycles. The Labute approximate surface area is 247 Å². The van der Waals surface area contributed by atoms with E-state index in [1.54, 1.807) is 26.0 Å². The zero-order valence-electron chi connectivity index (χ0n) is 24.8. The predicted molar refractivity (Wildman–Crippen MR) is 163 cm³/mol. The van der Waals surface area contributed by atoms with Crippen LogP contribution in [0.5, 0.6) is 11.5 Å². The molecular formula is C33H43NO6S. The fourth-order valence-corrected chi connectivity index (χ4v) is 7.68. The molecule has 7 nitrogen and oxygen atoms in total. The average molecular weight is 582 g/mol. The van der Waals surface area contributed by atoms with Crippen molar-refractivity contribution in [2.75, 3.05) is 6.61 Å². The molecule has 0 bridgehead atoms. The lowest BCUT2D eigenvalue weighted by molar-refractivity contribution is -0.170. The number of rotatable bonds is 12. The van der Waals surface area contributed by atoms with E-state index in [4.69, 9.17) is 4.74 Å². The van der Waals surface area contributed by atoms with Crippen LogP contribution in [-0.2, 0) is 16.0 Å². The largest absolute Gasteiger partial charge is 0.507 e. The second-order valence-electron chi connectivity index (χ2n) is 11.8. The van der Waals surface area contributed by atoms with Crippen LogP contribution in [-0.4, -0.2) is 50.2 Å². The molecule has 3 aliphatic rings. The first-order valence-corrected chi connectivity index (χ1v) is 15.4. The molecule has 0 radical (unpaired) electrons. The number of hydrogen-bond acceptors (Lipinski definition) is 6. The monoisotopic (exact) mass is 581 g/mol. The number of hydrogen-bond donors (Lipinski definition) is 3. The number of thioether (sulfide) groups is 1. The minimum atomic E-state index is -1.18. The Balaban J connectivity index is 1.61. The highest BCUT2D eigenvalue weighted by Gasteiger charge is 2.65. The van der Waals surface area contributed by atoms with Gasteiger partial charge < -0.3 is 20.1 Å². The third kappa shape index (κ3) is 5.86. The molecule has 0 unspecified atom stereocenters. The summed E-state index contributed by atoms with van der Waals surface area (Å²) in [6.07, 6.45) is 10.8. The first-order valence-electron chi connectivity index (χ1n) is 14.6. The van der Waals surface area contributed by atoms with E-state index in [0.29, 0.717) is 10.7 Å². The molecular weight excluding hydrogens is 538 g/mol. The number of aliphatic hydroxyl groups excluding tert-OH is 1. The van der Waals surface area contributed by atoms with Crippen LogP contribution < -0.4 is 4.74 Å². The quantitative estimate of drug-likeness (QED) is 0.144. The third-order valence-corrected chi connectivity index (χ3v) is 10.3. The summed E-state index contributed by atoms with van der Waals surface area (Å²) in [6, 6.07) is 3.89. The average Bonchev–Trinajstić information content (AvgIpc) is 3.27. The number of benzene rings is 1. The van der Waals surface area contributed by atoms with Crippen LogP contribution >= 0.6 is 11.8 Å². The molecule has 5 atom stereocenters. The summed E-state index contributed by atoms with van der Waals surface area (Å²) < 4.78 is 6.30. The molecule has 1 fully saturated rings. The number of aryl methyl sites for hydroxylation is 1. The number of fused-ring (bicyclic) bond motifs is 1. The highest BCUT2D eigenvalue weighted by atomic mass is 32.2. The van der Waals surface area contributed by atoms with Crippen LogP contribution in [0.25, 0.3) is 0 Å². The van der Waals surface area contributed by atoms with Gasteiger partial charge in [-0.1, -0.05) is 55.3 Å². The van der Waals surface area contributed by atoms with E-state index < -0.39 is 22.9 Å². The predicted octanol–water partition coefficient (Wildman–Crippen LogP) is 6.67. The number of ether oxygens (including phenoxy) is 1. The van der Waals surface area contributed by atoms with Gasteiger partial charge in [-0.2, -0.15) is 0 Å². The molecule has 8 heteroatoms. The minimum Gasteiger partial charge on any atom is -0.507 e. The zero-order valence-corrected chi connectivity index (χ0v) is 25.6. The lowest BCUT2D eigenvalue weighted by atomic mass is 9.73. The van der Waals surface area contributed by atoms with Crippen LogP contribution in [0.15, 0.2) is 58.7 Å². The van der Waals surface area contributed by atoms with Crippen molar-refractivity contribution >= 4 is 23.6 Å². The summed E-state index contributed by atoms with van der Waals surface area (Å²) in [7, 11) is 0. The molecule has 3 N–H and O–H groups in total. The van der Waals surface area contributed by atoms with Gasteiger partial charge in [0.25, 0.3) is 0 Å². The molecule has 1 saturated heterocycles. The number of aliphatic carboxylic acids is 1. The van der Waals surface area contributed by atoms with Gasteiger partial charge in [0.1, 0.15) is 34.6 Å². The molecule has 222 valence electrons. The molecule has 0 aromatic heterocycles. The summed E-state index contributed by atoms with van der Waals surface area (Å²) in [5, 5.41) is 30.9. The number of nitrogens with zero attached hydrogens (tertiary/aromatic N) is 1. The fraction of sp³-hybridized carbons (Fsp3) is 0.515. The molecule has 2 aliphatic heterocycles. The van der Waals surface area contributed by atoms with E-state index in [1.807, 2.05) is 19.1 Å². The topological polar surface area (TPSA) is 107 Å². The van der Waals surface area contributed by atoms with Crippen LogP contribution in [0.3, 0.4) is 0 Å². The van der Waals surface area contributed by atoms with E-state index in [9.17, 15) is 24.9 Å². The molecule has 1 aliphatic carbocycles. The van der Waals surface area contributed by atoms with Gasteiger partial charge in [-0.3, -0.25) is 9.69 Å². The van der Waals surface area contributed by atoms with Crippen molar-refractivity contribution in [2.24, 2.45) is 11.3 Å². The van der Waals surface area contributed by atoms with Crippen LogP contribution in [0, 0.1) is 11.3 Å². The van der Waals surface area contributed by atoms with Crippen molar-refractivity contribution < 1.29 is 29.6 Å². The number of carboxylic acid groups (broad SMARTS) is 1. The maximum atomic E-state index is 12.8. The van der Waals surface area contributed by atoms with Crippen molar-refractivity contribution in [3.05, 3.63) is 69.8 Å². The number of aromatic hydroxyl groups is 1. The Bertz CT molecular complexity index is 1310. The van der Waals surface area contributed by atoms with Gasteiger partial charge in [-0.15, -0.1) is 0 Å². The standard InChI is InChI=1S/C33H43NO6S/c1-7-8-9-11-22-17-25(36)28(24-16-20(4)13-14-23(24)19(2)3)26(18-22)40-15-10-12-27-29(30(37)38)34-31(39)33(6,21(5)35)32(34)41-27/h10,12,16-18,21,23-24,32,35-36H,2,7-9,11,13-15H2,1,3-6H3,(H,37,38)/b12-10+/t21-,23+,24-,32-,33+/m1/s1. The zero-order chi connectivity index (χ0) is 30.1. The molecule has 1 aromatic rings. The summed E-state index contributed by atoms with van der Waals surface area (Å²) in [5.74, 6) is -0.580. The fourth-order valence-electron chi connectivity index (χ4n) is 6.12. The second-order valence-corrected chi connectivity index (χ2v) is 13.0. The number of carbonyl (C=O) groups is 2. The van der Waals surface area contributed by atoms with E-state index >= 15 is 0 Å². The lowest BCUT2D eigenvalue weighted by Gasteiger charge is -2.51. The number of aliphatic hydroxyl groups is 1. The van der Waals surface area contributed by atoms with E-state index in [2.05, 4.69) is 26.5 Å². The number of phenols is 1. The number of amides is 1. The van der Waals surface area contributed by atoms with Crippen LogP contribution in [0.4, 0.5) is 0 Å². The van der Waals surface area contributed by atoms with E-state index in [1.165, 1.54) is 22.2 Å². The number of carbonyl (C=O) groups excluding carboxylic acids is 1. The number of unbranched alkanes of at least 4 members (excludes halogenated alkanes) is 2.